The van der Waals surface area contributed by atoms with Gasteiger partial charge in [0.05, 0.1) is 6.33 Å². The van der Waals surface area contributed by atoms with Gasteiger partial charge < -0.3 is 9.88 Å². The molecule has 94 valence electrons. The van der Waals surface area contributed by atoms with E-state index in [1.54, 1.807) is 12.5 Å². The van der Waals surface area contributed by atoms with E-state index in [9.17, 15) is 4.79 Å². The fourth-order valence-electron chi connectivity index (χ4n) is 1.59. The fourth-order valence-corrected chi connectivity index (χ4v) is 1.81. The van der Waals surface area contributed by atoms with E-state index in [1.165, 1.54) is 0 Å². The molecule has 1 N–H and O–H groups in total. The molecule has 0 bridgehead atoms. The fraction of sp³-hybridized carbons (Fsp3) is 0.231. The van der Waals surface area contributed by atoms with Crippen LogP contribution in [-0.2, 0) is 11.3 Å². The highest BCUT2D eigenvalue weighted by molar-refractivity contribution is 6.30. The third kappa shape index (κ3) is 3.34. The zero-order valence-electron chi connectivity index (χ0n) is 9.79. The molecule has 1 heterocycles. The second kappa shape index (κ2) is 6.21. The van der Waals surface area contributed by atoms with Crippen molar-refractivity contribution in [2.75, 3.05) is 6.54 Å². The van der Waals surface area contributed by atoms with E-state index in [0.29, 0.717) is 13.1 Å². The lowest BCUT2D eigenvalue weighted by molar-refractivity contribution is -0.120. The smallest absolute Gasteiger partial charge is 0.242 e. The van der Waals surface area contributed by atoms with Gasteiger partial charge in [-0.25, -0.2) is 4.98 Å². The molecule has 0 spiro atoms. The molecule has 0 aliphatic rings. The van der Waals surface area contributed by atoms with Crippen LogP contribution in [0.2, 0.25) is 0 Å². The van der Waals surface area contributed by atoms with E-state index < -0.39 is 5.38 Å². The number of nitrogens with one attached hydrogen (secondary N) is 1. The lowest BCUT2D eigenvalue weighted by Crippen LogP contribution is -2.29. The normalized spacial score (nSPS) is 12.1. The molecule has 0 saturated carbocycles. The Bertz CT molecular complexity index is 484. The van der Waals surface area contributed by atoms with E-state index in [0.717, 1.165) is 5.56 Å². The van der Waals surface area contributed by atoms with Crippen LogP contribution in [0.15, 0.2) is 49.1 Å². The summed E-state index contributed by atoms with van der Waals surface area (Å²) in [6, 6.07) is 9.30. The topological polar surface area (TPSA) is 46.9 Å². The molecule has 1 amide bonds. The number of carbonyl (C=O) groups excluding carboxylic acids is 1. The summed E-state index contributed by atoms with van der Waals surface area (Å²) in [6.45, 7) is 1.22. The number of amides is 1. The van der Waals surface area contributed by atoms with Gasteiger partial charge in [0.15, 0.2) is 0 Å². The van der Waals surface area contributed by atoms with E-state index in [1.807, 2.05) is 41.1 Å². The van der Waals surface area contributed by atoms with Crippen LogP contribution in [0.3, 0.4) is 0 Å². The summed E-state index contributed by atoms with van der Waals surface area (Å²) in [5.74, 6) is -0.178. The van der Waals surface area contributed by atoms with Crippen LogP contribution in [0.4, 0.5) is 0 Å². The predicted molar refractivity (Wildman–Crippen MR) is 70.3 cm³/mol. The number of rotatable bonds is 5. The Hall–Kier alpha value is -1.81. The molecule has 0 saturated heterocycles. The molecule has 4 nitrogen and oxygen atoms in total. The number of hydrogen-bond donors (Lipinski definition) is 1. The summed E-state index contributed by atoms with van der Waals surface area (Å²) in [4.78, 5) is 15.7. The molecular formula is C13H14ClN3O. The number of benzene rings is 1. The molecular weight excluding hydrogens is 250 g/mol. The quantitative estimate of drug-likeness (QED) is 0.839. The molecule has 1 atom stereocenters. The Morgan fingerprint density at radius 1 is 1.39 bits per heavy atom. The lowest BCUT2D eigenvalue weighted by atomic mass is 10.1. The molecule has 0 aliphatic carbocycles. The maximum absolute atomic E-state index is 11.8. The van der Waals surface area contributed by atoms with Crippen LogP contribution in [-0.4, -0.2) is 22.0 Å². The van der Waals surface area contributed by atoms with E-state index in [2.05, 4.69) is 10.3 Å². The highest BCUT2D eigenvalue weighted by Crippen LogP contribution is 2.19. The van der Waals surface area contributed by atoms with Gasteiger partial charge in [0.1, 0.15) is 5.38 Å². The van der Waals surface area contributed by atoms with Crippen molar-refractivity contribution in [1.82, 2.24) is 14.9 Å². The lowest BCUT2D eigenvalue weighted by Gasteiger charge is -2.10. The summed E-state index contributed by atoms with van der Waals surface area (Å²) in [7, 11) is 0. The number of hydrogen-bond acceptors (Lipinski definition) is 2. The van der Waals surface area contributed by atoms with Crippen molar-refractivity contribution < 1.29 is 4.79 Å². The van der Waals surface area contributed by atoms with Crippen molar-refractivity contribution in [2.45, 2.75) is 11.9 Å². The minimum absolute atomic E-state index is 0.178. The standard InChI is InChI=1S/C13H14ClN3O/c14-12(11-4-2-1-3-5-11)13(18)16-7-9-17-8-6-15-10-17/h1-6,8,10,12H,7,9H2,(H,16,18). The van der Waals surface area contributed by atoms with Crippen LogP contribution >= 0.6 is 11.6 Å². The molecule has 0 aliphatic heterocycles. The summed E-state index contributed by atoms with van der Waals surface area (Å²) < 4.78 is 1.89. The van der Waals surface area contributed by atoms with Crippen LogP contribution < -0.4 is 5.32 Å². The highest BCUT2D eigenvalue weighted by Gasteiger charge is 2.16. The summed E-state index contributed by atoms with van der Waals surface area (Å²) in [5.41, 5.74) is 0.805. The largest absolute Gasteiger partial charge is 0.353 e. The summed E-state index contributed by atoms with van der Waals surface area (Å²) >= 11 is 6.09. The van der Waals surface area contributed by atoms with Crippen LogP contribution in [0.25, 0.3) is 0 Å². The zero-order chi connectivity index (χ0) is 12.8. The molecule has 0 fully saturated rings. The van der Waals surface area contributed by atoms with Crippen LogP contribution in [0.1, 0.15) is 10.9 Å². The molecule has 1 unspecified atom stereocenters. The first-order valence-electron chi connectivity index (χ1n) is 5.70. The van der Waals surface area contributed by atoms with Crippen molar-refractivity contribution in [3.8, 4) is 0 Å². The SMILES string of the molecule is O=C(NCCn1ccnc1)C(Cl)c1ccccc1. The molecule has 2 aromatic rings. The third-order valence-electron chi connectivity index (χ3n) is 2.55. The number of halogens is 1. The minimum Gasteiger partial charge on any atom is -0.353 e. The average molecular weight is 264 g/mol. The molecule has 5 heteroatoms. The maximum Gasteiger partial charge on any atom is 0.242 e. The first kappa shape index (κ1) is 12.6. The molecule has 1 aromatic carbocycles. The van der Waals surface area contributed by atoms with Crippen molar-refractivity contribution >= 4 is 17.5 Å². The molecule has 1 aromatic heterocycles. The molecule has 2 rings (SSSR count). The zero-order valence-corrected chi connectivity index (χ0v) is 10.5. The maximum atomic E-state index is 11.8. The van der Waals surface area contributed by atoms with Gasteiger partial charge in [-0.05, 0) is 5.56 Å². The Morgan fingerprint density at radius 3 is 2.83 bits per heavy atom. The van der Waals surface area contributed by atoms with E-state index in [4.69, 9.17) is 11.6 Å². The van der Waals surface area contributed by atoms with Crippen molar-refractivity contribution in [1.29, 1.82) is 0 Å². The van der Waals surface area contributed by atoms with Gasteiger partial charge in [-0.3, -0.25) is 4.79 Å². The van der Waals surface area contributed by atoms with Crippen molar-refractivity contribution in [3.05, 3.63) is 54.6 Å². The van der Waals surface area contributed by atoms with Gasteiger partial charge in [-0.1, -0.05) is 30.3 Å². The number of aromatic nitrogens is 2. The van der Waals surface area contributed by atoms with Crippen molar-refractivity contribution in [3.63, 3.8) is 0 Å². The van der Waals surface area contributed by atoms with E-state index in [-0.39, 0.29) is 5.91 Å². The predicted octanol–water partition coefficient (Wildman–Crippen LogP) is 1.98. The van der Waals surface area contributed by atoms with Gasteiger partial charge in [-0.15, -0.1) is 11.6 Å². The Morgan fingerprint density at radius 2 is 2.17 bits per heavy atom. The first-order valence-corrected chi connectivity index (χ1v) is 6.13. The Balaban J connectivity index is 1.81. The minimum atomic E-state index is -0.644. The second-order valence-electron chi connectivity index (χ2n) is 3.86. The van der Waals surface area contributed by atoms with Gasteiger partial charge in [0.25, 0.3) is 0 Å². The Kier molecular flexibility index (Phi) is 4.36. The molecule has 18 heavy (non-hydrogen) atoms. The highest BCUT2D eigenvalue weighted by atomic mass is 35.5. The van der Waals surface area contributed by atoms with Gasteiger partial charge in [0.2, 0.25) is 5.91 Å². The van der Waals surface area contributed by atoms with Crippen molar-refractivity contribution in [2.24, 2.45) is 0 Å². The van der Waals surface area contributed by atoms with Gasteiger partial charge >= 0.3 is 0 Å². The number of carbonyl (C=O) groups is 1. The number of imidazole rings is 1. The van der Waals surface area contributed by atoms with Gasteiger partial charge in [0, 0.05) is 25.5 Å². The monoisotopic (exact) mass is 263 g/mol. The average Bonchev–Trinajstić information content (AvgIpc) is 2.92. The first-order chi connectivity index (χ1) is 8.77. The second-order valence-corrected chi connectivity index (χ2v) is 4.30. The van der Waals surface area contributed by atoms with Crippen LogP contribution in [0.5, 0.6) is 0 Å². The van der Waals surface area contributed by atoms with E-state index >= 15 is 0 Å². The summed E-state index contributed by atoms with van der Waals surface area (Å²) in [6.07, 6.45) is 5.26. The summed E-state index contributed by atoms with van der Waals surface area (Å²) in [5, 5.41) is 2.16. The molecule has 0 radical (unpaired) electrons. The van der Waals surface area contributed by atoms with Gasteiger partial charge in [-0.2, -0.15) is 0 Å². The number of alkyl halides is 1. The van der Waals surface area contributed by atoms with Crippen LogP contribution in [0, 0.1) is 0 Å². The Labute approximate surface area is 111 Å². The third-order valence-corrected chi connectivity index (χ3v) is 3.00. The number of nitrogens with zero attached hydrogens (tertiary/aromatic N) is 2.